The molecular weight excluding hydrogens is 284 g/mol. The third kappa shape index (κ3) is 4.56. The van der Waals surface area contributed by atoms with Crippen molar-refractivity contribution in [1.29, 1.82) is 0 Å². The molecule has 0 heterocycles. The van der Waals surface area contributed by atoms with Crippen molar-refractivity contribution in [1.82, 2.24) is 0 Å². The topological polar surface area (TPSA) is 17.1 Å². The molecule has 0 aliphatic heterocycles. The number of carbonyl (C=O) groups is 1. The zero-order chi connectivity index (χ0) is 9.52. The van der Waals surface area contributed by atoms with Gasteiger partial charge in [0.15, 0.2) is 0 Å². The zero-order valence-corrected chi connectivity index (χ0v) is 10.0. The summed E-state index contributed by atoms with van der Waals surface area (Å²) in [5, 5.41) is 0. The summed E-state index contributed by atoms with van der Waals surface area (Å²) in [7, 11) is 0. The van der Waals surface area contributed by atoms with E-state index in [2.05, 4.69) is 15.9 Å². The van der Waals surface area contributed by atoms with E-state index in [9.17, 15) is 4.79 Å². The average molecular weight is 293 g/mol. The van der Waals surface area contributed by atoms with E-state index in [-0.39, 0.29) is 17.1 Å². The molecule has 1 nitrogen and oxygen atoms in total. The Morgan fingerprint density at radius 3 is 1.93 bits per heavy atom. The molecular formula is C11H9BrFeO-6. The maximum absolute atomic E-state index is 10.1. The summed E-state index contributed by atoms with van der Waals surface area (Å²) in [6.07, 6.45) is 0.823. The largest absolute Gasteiger partial charge is 0.748 e. The van der Waals surface area contributed by atoms with Gasteiger partial charge >= 0.3 is 0 Å². The van der Waals surface area contributed by atoms with Gasteiger partial charge < -0.3 is 35.1 Å². The van der Waals surface area contributed by atoms with Crippen molar-refractivity contribution in [2.24, 2.45) is 0 Å². The first-order chi connectivity index (χ1) is 6.34. The fourth-order valence-electron chi connectivity index (χ4n) is 0.828. The van der Waals surface area contributed by atoms with Crippen LogP contribution >= 0.6 is 15.9 Å². The van der Waals surface area contributed by atoms with Crippen LogP contribution < -0.4 is 0 Å². The standard InChI is InChI=1S/C6H4BrO.C5H5.Fe/c7-6-3-1-2-5(6)4-8;1-2-4-5-3-1;/h1-4H;1-5H;/q-1;-5;. The minimum atomic E-state index is 0. The maximum atomic E-state index is 10.1. The molecule has 0 amide bonds. The van der Waals surface area contributed by atoms with Crippen molar-refractivity contribution in [3.8, 4) is 0 Å². The van der Waals surface area contributed by atoms with Gasteiger partial charge in [0, 0.05) is 17.1 Å². The molecule has 0 bridgehead atoms. The molecule has 14 heavy (non-hydrogen) atoms. The molecule has 0 saturated heterocycles. The van der Waals surface area contributed by atoms with Crippen LogP contribution in [0.4, 0.5) is 0 Å². The summed E-state index contributed by atoms with van der Waals surface area (Å²) in [5.74, 6) is 0. The van der Waals surface area contributed by atoms with Gasteiger partial charge in [-0.1, -0.05) is 26.0 Å². The number of hydrogen-bond acceptors (Lipinski definition) is 1. The Hall–Kier alpha value is -0.631. The van der Waals surface area contributed by atoms with Gasteiger partial charge in [0.1, 0.15) is 0 Å². The van der Waals surface area contributed by atoms with Crippen LogP contribution in [0.15, 0.2) is 53.0 Å². The van der Waals surface area contributed by atoms with E-state index in [1.165, 1.54) is 0 Å². The van der Waals surface area contributed by atoms with E-state index in [0.717, 1.165) is 10.8 Å². The SMILES string of the molecule is O=C[c-]1cccc1Br.[Fe].[cH-]1[cH-][cH-][cH-][cH-]1. The predicted octanol–water partition coefficient (Wildman–Crippen LogP) is 3.38. The molecule has 80 valence electrons. The predicted molar refractivity (Wildman–Crippen MR) is 57.2 cm³/mol. The second-order valence-corrected chi connectivity index (χ2v) is 3.26. The summed E-state index contributed by atoms with van der Waals surface area (Å²) >= 11 is 3.20. The van der Waals surface area contributed by atoms with Gasteiger partial charge in [-0.05, 0) is 0 Å². The van der Waals surface area contributed by atoms with Gasteiger partial charge in [-0.2, -0.15) is 12.1 Å². The number of halogens is 1. The van der Waals surface area contributed by atoms with Crippen molar-refractivity contribution in [3.63, 3.8) is 0 Å². The number of hydrogen-bond donors (Lipinski definition) is 0. The quantitative estimate of drug-likeness (QED) is 0.447. The summed E-state index contributed by atoms with van der Waals surface area (Å²) in [4.78, 5) is 10.1. The molecule has 0 radical (unpaired) electrons. The summed E-state index contributed by atoms with van der Waals surface area (Å²) < 4.78 is 0.868. The minimum absolute atomic E-state index is 0. The van der Waals surface area contributed by atoms with Gasteiger partial charge in [0.25, 0.3) is 0 Å². The Kier molecular flexibility index (Phi) is 7.39. The van der Waals surface area contributed by atoms with Crippen molar-refractivity contribution in [3.05, 3.63) is 58.6 Å². The normalized spacial score (nSPS) is 8.07. The maximum Gasteiger partial charge on any atom is 0.0960 e. The van der Waals surface area contributed by atoms with E-state index in [1.54, 1.807) is 6.07 Å². The van der Waals surface area contributed by atoms with Gasteiger partial charge in [-0.3, -0.25) is 0 Å². The van der Waals surface area contributed by atoms with Crippen LogP contribution in [0.5, 0.6) is 0 Å². The third-order valence-corrected chi connectivity index (χ3v) is 2.20. The molecule has 0 aliphatic carbocycles. The summed E-state index contributed by atoms with van der Waals surface area (Å²) in [6, 6.07) is 15.4. The number of aldehydes is 1. The van der Waals surface area contributed by atoms with Gasteiger partial charge in [0.2, 0.25) is 0 Å². The molecule has 2 rings (SSSR count). The Morgan fingerprint density at radius 1 is 1.21 bits per heavy atom. The second kappa shape index (κ2) is 7.74. The number of rotatable bonds is 1. The van der Waals surface area contributed by atoms with Crippen LogP contribution in [0, 0.1) is 0 Å². The van der Waals surface area contributed by atoms with Crippen molar-refractivity contribution in [2.45, 2.75) is 0 Å². The summed E-state index contributed by atoms with van der Waals surface area (Å²) in [6.45, 7) is 0. The van der Waals surface area contributed by atoms with Crippen LogP contribution in [0.3, 0.4) is 0 Å². The van der Waals surface area contributed by atoms with E-state index in [0.29, 0.717) is 5.56 Å². The fraction of sp³-hybridized carbons (Fsp3) is 0. The molecule has 0 N–H and O–H groups in total. The Morgan fingerprint density at radius 2 is 1.71 bits per heavy atom. The van der Waals surface area contributed by atoms with E-state index < -0.39 is 0 Å². The molecule has 0 atom stereocenters. The van der Waals surface area contributed by atoms with E-state index in [1.807, 2.05) is 42.5 Å². The molecule has 0 spiro atoms. The molecule has 2 aromatic carbocycles. The van der Waals surface area contributed by atoms with Crippen LogP contribution in [0.25, 0.3) is 0 Å². The average Bonchev–Trinajstić information content (AvgIpc) is 2.76. The number of carbonyl (C=O) groups excluding carboxylic acids is 1. The van der Waals surface area contributed by atoms with Crippen molar-refractivity contribution < 1.29 is 21.9 Å². The zero-order valence-electron chi connectivity index (χ0n) is 7.34. The van der Waals surface area contributed by atoms with Crippen LogP contribution in [-0.2, 0) is 17.1 Å². The smallest absolute Gasteiger partial charge is 0.0960 e. The molecule has 2 aromatic rings. The van der Waals surface area contributed by atoms with Crippen LogP contribution in [0.2, 0.25) is 0 Å². The first-order valence-electron chi connectivity index (χ1n) is 3.87. The van der Waals surface area contributed by atoms with Crippen LogP contribution in [0.1, 0.15) is 10.4 Å². The Bertz CT molecular complexity index is 321. The minimum Gasteiger partial charge on any atom is -0.748 e. The van der Waals surface area contributed by atoms with Gasteiger partial charge in [-0.15, -0.1) is 0 Å². The molecule has 0 fully saturated rings. The summed E-state index contributed by atoms with van der Waals surface area (Å²) in [5.41, 5.74) is 0.713. The van der Waals surface area contributed by atoms with E-state index >= 15 is 0 Å². The first-order valence-corrected chi connectivity index (χ1v) is 4.67. The molecule has 0 aromatic heterocycles. The second-order valence-electron chi connectivity index (χ2n) is 2.41. The van der Waals surface area contributed by atoms with Crippen molar-refractivity contribution in [2.75, 3.05) is 0 Å². The van der Waals surface area contributed by atoms with Crippen molar-refractivity contribution >= 4 is 22.2 Å². The molecule has 0 saturated carbocycles. The fourth-order valence-corrected chi connectivity index (χ4v) is 1.21. The Balaban J connectivity index is 0.000000246. The molecule has 3 heteroatoms. The first kappa shape index (κ1) is 13.4. The van der Waals surface area contributed by atoms with E-state index in [4.69, 9.17) is 0 Å². The monoisotopic (exact) mass is 292 g/mol. The van der Waals surface area contributed by atoms with Gasteiger partial charge in [-0.25, -0.2) is 6.07 Å². The third-order valence-electron chi connectivity index (χ3n) is 1.48. The molecule has 0 aliphatic rings. The van der Waals surface area contributed by atoms with Gasteiger partial charge in [0.05, 0.1) is 6.29 Å². The molecule has 0 unspecified atom stereocenters. The Labute approximate surface area is 102 Å². The van der Waals surface area contributed by atoms with Crippen LogP contribution in [-0.4, -0.2) is 6.29 Å².